The van der Waals surface area contributed by atoms with Crippen LogP contribution in [0.1, 0.15) is 39.0 Å². The molecule has 1 aromatic rings. The van der Waals surface area contributed by atoms with Crippen LogP contribution in [0.5, 0.6) is 0 Å². The maximum Gasteiger partial charge on any atom is 0.297 e. The van der Waals surface area contributed by atoms with Gasteiger partial charge in [-0.15, -0.1) is 0 Å². The Morgan fingerprint density at radius 3 is 2.16 bits per heavy atom. The smallest absolute Gasteiger partial charge is 0.266 e. The Labute approximate surface area is 125 Å². The van der Waals surface area contributed by atoms with Gasteiger partial charge in [-0.25, -0.2) is 0 Å². The van der Waals surface area contributed by atoms with Gasteiger partial charge in [-0.1, -0.05) is 55.8 Å². The molecule has 0 aliphatic carbocycles. The third-order valence-electron chi connectivity index (χ3n) is 2.61. The van der Waals surface area contributed by atoms with Crippen molar-refractivity contribution in [2.24, 2.45) is 0 Å². The third kappa shape index (κ3) is 6.13. The van der Waals surface area contributed by atoms with Crippen LogP contribution in [0.3, 0.4) is 0 Å². The van der Waals surface area contributed by atoms with Crippen molar-refractivity contribution in [3.63, 3.8) is 0 Å². The zero-order valence-electron chi connectivity index (χ0n) is 10.9. The molecule has 0 spiro atoms. The molecule has 0 atom stereocenters. The summed E-state index contributed by atoms with van der Waals surface area (Å²) >= 11 is 11.5. The fourth-order valence-electron chi connectivity index (χ4n) is 1.62. The molecule has 0 heterocycles. The highest BCUT2D eigenvalue weighted by atomic mass is 35.5. The second kappa shape index (κ2) is 8.10. The molecule has 0 aliphatic heterocycles. The van der Waals surface area contributed by atoms with Crippen molar-refractivity contribution in [3.05, 3.63) is 28.2 Å². The van der Waals surface area contributed by atoms with E-state index in [1.807, 2.05) is 0 Å². The van der Waals surface area contributed by atoms with E-state index in [2.05, 4.69) is 6.92 Å². The van der Waals surface area contributed by atoms with E-state index < -0.39 is 10.1 Å². The standard InChI is InChI=1S/C13H18Cl2O3S/c1-2-3-4-5-6-7-18-19(16,17)13-9-11(14)8-12(15)10-13/h8-10H,2-7H2,1H3. The van der Waals surface area contributed by atoms with Crippen LogP contribution in [0.15, 0.2) is 23.1 Å². The lowest BCUT2D eigenvalue weighted by Gasteiger charge is -2.06. The largest absolute Gasteiger partial charge is 0.297 e. The Hall–Kier alpha value is -0.290. The van der Waals surface area contributed by atoms with Gasteiger partial charge in [0, 0.05) is 10.0 Å². The molecule has 0 aromatic heterocycles. The fourth-order valence-corrected chi connectivity index (χ4v) is 3.29. The van der Waals surface area contributed by atoms with Crippen LogP contribution in [-0.2, 0) is 14.3 Å². The molecule has 0 unspecified atom stereocenters. The molecule has 19 heavy (non-hydrogen) atoms. The average Bonchev–Trinajstić information content (AvgIpc) is 2.32. The molecule has 0 fully saturated rings. The van der Waals surface area contributed by atoms with Gasteiger partial charge in [-0.3, -0.25) is 4.18 Å². The van der Waals surface area contributed by atoms with E-state index in [-0.39, 0.29) is 21.5 Å². The first-order chi connectivity index (χ1) is 8.95. The minimum Gasteiger partial charge on any atom is -0.266 e. The van der Waals surface area contributed by atoms with Crippen molar-refractivity contribution in [2.45, 2.75) is 43.9 Å². The Morgan fingerprint density at radius 1 is 1.00 bits per heavy atom. The first-order valence-corrected chi connectivity index (χ1v) is 8.47. The molecule has 0 saturated heterocycles. The van der Waals surface area contributed by atoms with E-state index in [0.29, 0.717) is 0 Å². The van der Waals surface area contributed by atoms with Gasteiger partial charge in [0.2, 0.25) is 0 Å². The molecular formula is C13H18Cl2O3S. The van der Waals surface area contributed by atoms with Crippen LogP contribution in [0.4, 0.5) is 0 Å². The van der Waals surface area contributed by atoms with Crippen LogP contribution in [0.25, 0.3) is 0 Å². The van der Waals surface area contributed by atoms with E-state index in [1.54, 1.807) is 0 Å². The quantitative estimate of drug-likeness (QED) is 0.515. The number of hydrogen-bond acceptors (Lipinski definition) is 3. The molecule has 0 aliphatic rings. The molecule has 0 radical (unpaired) electrons. The number of benzene rings is 1. The van der Waals surface area contributed by atoms with Crippen molar-refractivity contribution in [3.8, 4) is 0 Å². The highest BCUT2D eigenvalue weighted by molar-refractivity contribution is 7.86. The summed E-state index contributed by atoms with van der Waals surface area (Å²) in [7, 11) is -3.77. The molecule has 1 rings (SSSR count). The summed E-state index contributed by atoms with van der Waals surface area (Å²) in [5.74, 6) is 0. The second-order valence-corrected chi connectivity index (χ2v) is 6.78. The summed E-state index contributed by atoms with van der Waals surface area (Å²) in [5.41, 5.74) is 0. The van der Waals surface area contributed by atoms with E-state index >= 15 is 0 Å². The Kier molecular flexibility index (Phi) is 7.15. The summed E-state index contributed by atoms with van der Waals surface area (Å²) in [6, 6.07) is 4.15. The zero-order valence-corrected chi connectivity index (χ0v) is 13.2. The van der Waals surface area contributed by atoms with Gasteiger partial charge in [-0.2, -0.15) is 8.42 Å². The molecule has 3 nitrogen and oxygen atoms in total. The third-order valence-corrected chi connectivity index (χ3v) is 4.34. The van der Waals surface area contributed by atoms with Crippen molar-refractivity contribution in [1.82, 2.24) is 0 Å². The van der Waals surface area contributed by atoms with Gasteiger partial charge < -0.3 is 0 Å². The average molecular weight is 325 g/mol. The molecule has 6 heteroatoms. The number of halogens is 2. The van der Waals surface area contributed by atoms with E-state index in [9.17, 15) is 8.42 Å². The number of rotatable bonds is 8. The maximum absolute atomic E-state index is 11.9. The molecule has 1 aromatic carbocycles. The van der Waals surface area contributed by atoms with Crippen molar-refractivity contribution in [2.75, 3.05) is 6.61 Å². The lowest BCUT2D eigenvalue weighted by molar-refractivity contribution is 0.306. The van der Waals surface area contributed by atoms with Crippen LogP contribution in [0, 0.1) is 0 Å². The van der Waals surface area contributed by atoms with Crippen molar-refractivity contribution in [1.29, 1.82) is 0 Å². The fraction of sp³-hybridized carbons (Fsp3) is 0.538. The predicted octanol–water partition coefficient (Wildman–Crippen LogP) is 4.67. The maximum atomic E-state index is 11.9. The minimum absolute atomic E-state index is 0.00134. The molecule has 108 valence electrons. The summed E-state index contributed by atoms with van der Waals surface area (Å²) in [6.07, 6.45) is 5.12. The normalized spacial score (nSPS) is 11.7. The van der Waals surface area contributed by atoms with Crippen LogP contribution < -0.4 is 0 Å². The van der Waals surface area contributed by atoms with E-state index in [0.717, 1.165) is 32.1 Å². The van der Waals surface area contributed by atoms with Crippen molar-refractivity contribution < 1.29 is 12.6 Å². The highest BCUT2D eigenvalue weighted by Gasteiger charge is 2.16. The summed E-state index contributed by atoms with van der Waals surface area (Å²) in [4.78, 5) is -0.00134. The SMILES string of the molecule is CCCCCCCOS(=O)(=O)c1cc(Cl)cc(Cl)c1. The highest BCUT2D eigenvalue weighted by Crippen LogP contribution is 2.23. The van der Waals surface area contributed by atoms with Crippen molar-refractivity contribution >= 4 is 33.3 Å². The van der Waals surface area contributed by atoms with E-state index in [1.165, 1.54) is 18.2 Å². The Balaban J connectivity index is 2.51. The molecule has 0 bridgehead atoms. The van der Waals surface area contributed by atoms with Gasteiger partial charge in [0.1, 0.15) is 0 Å². The Bertz CT molecular complexity index is 480. The summed E-state index contributed by atoms with van der Waals surface area (Å²) in [5, 5.41) is 0.551. The first kappa shape index (κ1) is 16.8. The first-order valence-electron chi connectivity index (χ1n) is 6.31. The van der Waals surface area contributed by atoms with Gasteiger partial charge in [0.25, 0.3) is 10.1 Å². The lowest BCUT2D eigenvalue weighted by atomic mass is 10.2. The topological polar surface area (TPSA) is 43.4 Å². The Morgan fingerprint density at radius 2 is 1.58 bits per heavy atom. The molecule has 0 saturated carbocycles. The van der Waals surface area contributed by atoms with Gasteiger partial charge in [0.15, 0.2) is 0 Å². The molecule has 0 N–H and O–H groups in total. The predicted molar refractivity (Wildman–Crippen MR) is 78.4 cm³/mol. The van der Waals surface area contributed by atoms with Gasteiger partial charge >= 0.3 is 0 Å². The van der Waals surface area contributed by atoms with Gasteiger partial charge in [0.05, 0.1) is 11.5 Å². The summed E-state index contributed by atoms with van der Waals surface area (Å²) in [6.45, 7) is 2.32. The second-order valence-electron chi connectivity index (χ2n) is 4.30. The molecular weight excluding hydrogens is 307 g/mol. The van der Waals surface area contributed by atoms with Crippen LogP contribution in [0.2, 0.25) is 10.0 Å². The number of unbranched alkanes of at least 4 members (excludes halogenated alkanes) is 4. The zero-order chi connectivity index (χ0) is 14.3. The van der Waals surface area contributed by atoms with Gasteiger partial charge in [-0.05, 0) is 24.6 Å². The van der Waals surface area contributed by atoms with Crippen LogP contribution >= 0.6 is 23.2 Å². The number of hydrogen-bond donors (Lipinski definition) is 0. The van der Waals surface area contributed by atoms with Crippen LogP contribution in [-0.4, -0.2) is 15.0 Å². The lowest BCUT2D eigenvalue weighted by Crippen LogP contribution is -2.07. The van der Waals surface area contributed by atoms with E-state index in [4.69, 9.17) is 27.4 Å². The monoisotopic (exact) mass is 324 g/mol. The minimum atomic E-state index is -3.77. The molecule has 0 amide bonds. The summed E-state index contributed by atoms with van der Waals surface area (Å²) < 4.78 is 28.7.